The van der Waals surface area contributed by atoms with Crippen molar-refractivity contribution in [2.75, 3.05) is 10.6 Å². The molecule has 0 heterocycles. The molecule has 0 aliphatic rings. The van der Waals surface area contributed by atoms with Crippen LogP contribution in [-0.4, -0.2) is 22.9 Å². The molecule has 0 aromatic heterocycles. The van der Waals surface area contributed by atoms with Crippen LogP contribution in [0, 0.1) is 6.92 Å². The van der Waals surface area contributed by atoms with Crippen molar-refractivity contribution in [3.8, 4) is 0 Å². The van der Waals surface area contributed by atoms with Crippen LogP contribution in [0.15, 0.2) is 95.9 Å². The summed E-state index contributed by atoms with van der Waals surface area (Å²) in [5.74, 6) is -1.91. The molecule has 7 heteroatoms. The van der Waals surface area contributed by atoms with E-state index in [-0.39, 0.29) is 5.91 Å². The number of rotatable bonds is 8. The lowest BCUT2D eigenvalue weighted by Gasteiger charge is -2.18. The molecule has 3 aromatic carbocycles. The Morgan fingerprint density at radius 3 is 2.31 bits per heavy atom. The minimum Gasteiger partial charge on any atom is -0.478 e. The molecule has 0 saturated heterocycles. The van der Waals surface area contributed by atoms with Crippen LogP contribution in [0.25, 0.3) is 0 Å². The highest BCUT2D eigenvalue weighted by Gasteiger charge is 2.22. The van der Waals surface area contributed by atoms with Crippen LogP contribution in [0.2, 0.25) is 0 Å². The van der Waals surface area contributed by atoms with Crippen LogP contribution >= 0.6 is 11.8 Å². The summed E-state index contributed by atoms with van der Waals surface area (Å²) in [6, 6.07) is 24.1. The minimum atomic E-state index is -1.20. The molecule has 162 valence electrons. The number of carboxylic acid groups (broad SMARTS) is 1. The van der Waals surface area contributed by atoms with E-state index in [2.05, 4.69) is 10.6 Å². The first-order valence-corrected chi connectivity index (χ1v) is 10.7. The highest BCUT2D eigenvalue weighted by Crippen LogP contribution is 2.37. The lowest BCUT2D eigenvalue weighted by molar-refractivity contribution is -0.131. The number of carbonyl (C=O) groups excluding carboxylic acids is 2. The summed E-state index contributed by atoms with van der Waals surface area (Å²) in [4.78, 5) is 36.4. The van der Waals surface area contributed by atoms with Gasteiger partial charge >= 0.3 is 5.97 Å². The van der Waals surface area contributed by atoms with Gasteiger partial charge in [-0.3, -0.25) is 9.59 Å². The number of hydrogen-bond donors (Lipinski definition) is 3. The zero-order chi connectivity index (χ0) is 22.9. The van der Waals surface area contributed by atoms with E-state index in [0.717, 1.165) is 33.9 Å². The van der Waals surface area contributed by atoms with Crippen LogP contribution in [0.3, 0.4) is 0 Å². The highest BCUT2D eigenvalue weighted by atomic mass is 32.2. The molecule has 0 radical (unpaired) electrons. The topological polar surface area (TPSA) is 95.5 Å². The van der Waals surface area contributed by atoms with Crippen molar-refractivity contribution in [3.05, 3.63) is 102 Å². The predicted molar refractivity (Wildman–Crippen MR) is 127 cm³/mol. The van der Waals surface area contributed by atoms with Gasteiger partial charge in [-0.2, -0.15) is 0 Å². The zero-order valence-electron chi connectivity index (χ0n) is 17.3. The Morgan fingerprint density at radius 1 is 0.875 bits per heavy atom. The molecule has 0 aliphatic carbocycles. The Kier molecular flexibility index (Phi) is 7.83. The highest BCUT2D eigenvalue weighted by molar-refractivity contribution is 8.00. The van der Waals surface area contributed by atoms with Crippen molar-refractivity contribution in [2.24, 2.45) is 0 Å². The molecular weight excluding hydrogens is 424 g/mol. The lowest BCUT2D eigenvalue weighted by Crippen LogP contribution is -2.19. The summed E-state index contributed by atoms with van der Waals surface area (Å²) < 4.78 is 0. The van der Waals surface area contributed by atoms with E-state index in [9.17, 15) is 14.4 Å². The van der Waals surface area contributed by atoms with Gasteiger partial charge in [0.2, 0.25) is 11.8 Å². The number of carbonyl (C=O) groups is 3. The predicted octanol–water partition coefficient (Wildman–Crippen LogP) is 5.05. The normalized spacial score (nSPS) is 11.7. The van der Waals surface area contributed by atoms with Crippen LogP contribution < -0.4 is 10.6 Å². The number of para-hydroxylation sites is 1. The Labute approximate surface area is 190 Å². The van der Waals surface area contributed by atoms with Crippen molar-refractivity contribution in [1.82, 2.24) is 0 Å². The van der Waals surface area contributed by atoms with Crippen LogP contribution in [0.4, 0.5) is 11.4 Å². The average Bonchev–Trinajstić information content (AvgIpc) is 2.78. The van der Waals surface area contributed by atoms with Crippen LogP contribution in [-0.2, 0) is 14.4 Å². The third-order valence-electron chi connectivity index (χ3n) is 4.48. The van der Waals surface area contributed by atoms with Crippen molar-refractivity contribution in [3.63, 3.8) is 0 Å². The number of carboxylic acids is 1. The number of thioether (sulfide) groups is 1. The molecule has 0 saturated carbocycles. The second-order valence-electron chi connectivity index (χ2n) is 6.90. The molecule has 3 N–H and O–H groups in total. The monoisotopic (exact) mass is 446 g/mol. The van der Waals surface area contributed by atoms with Crippen molar-refractivity contribution >= 4 is 40.9 Å². The van der Waals surface area contributed by atoms with Crippen molar-refractivity contribution < 1.29 is 19.5 Å². The summed E-state index contributed by atoms with van der Waals surface area (Å²) in [7, 11) is 0. The van der Waals surface area contributed by atoms with E-state index in [1.165, 1.54) is 11.8 Å². The standard InChI is InChI=1S/C25H22N2O4S/c1-17-8-5-6-13-21(17)27-25(31)24(18-9-3-2-4-10-18)32-20-12-7-11-19(16-20)26-22(28)14-15-23(29)30/h2-16,24H,1H3,(H,26,28)(H,27,31)(H,29,30)/b15-14+. The zero-order valence-corrected chi connectivity index (χ0v) is 18.1. The largest absolute Gasteiger partial charge is 0.478 e. The van der Waals surface area contributed by atoms with Crippen molar-refractivity contribution in [2.45, 2.75) is 17.1 Å². The van der Waals surface area contributed by atoms with Gasteiger partial charge in [-0.1, -0.05) is 54.6 Å². The minimum absolute atomic E-state index is 0.158. The van der Waals surface area contributed by atoms with E-state index < -0.39 is 17.1 Å². The maximum absolute atomic E-state index is 13.2. The molecule has 0 fully saturated rings. The number of nitrogens with one attached hydrogen (secondary N) is 2. The molecule has 3 aromatic rings. The number of aryl methyl sites for hydroxylation is 1. The summed E-state index contributed by atoms with van der Waals surface area (Å²) in [6.07, 6.45) is 1.72. The Bertz CT molecular complexity index is 1150. The van der Waals surface area contributed by atoms with Gasteiger partial charge in [0.25, 0.3) is 0 Å². The molecule has 1 unspecified atom stereocenters. The maximum Gasteiger partial charge on any atom is 0.328 e. The SMILES string of the molecule is Cc1ccccc1NC(=O)C(Sc1cccc(NC(=O)/C=C/C(=O)O)c1)c1ccccc1. The van der Waals surface area contributed by atoms with E-state index in [1.807, 2.05) is 67.6 Å². The fourth-order valence-corrected chi connectivity index (χ4v) is 4.01. The van der Waals surface area contributed by atoms with Gasteiger partial charge in [-0.25, -0.2) is 4.79 Å². The molecular formula is C25H22N2O4S. The molecule has 3 rings (SSSR count). The second kappa shape index (κ2) is 11.0. The Balaban J connectivity index is 1.81. The fraction of sp³-hybridized carbons (Fsp3) is 0.0800. The molecule has 0 spiro atoms. The second-order valence-corrected chi connectivity index (χ2v) is 8.08. The average molecular weight is 447 g/mol. The van der Waals surface area contributed by atoms with Gasteiger partial charge in [-0.05, 0) is 42.3 Å². The first kappa shape index (κ1) is 22.8. The van der Waals surface area contributed by atoms with E-state index in [0.29, 0.717) is 5.69 Å². The molecule has 0 bridgehead atoms. The number of hydrogen-bond acceptors (Lipinski definition) is 4. The Morgan fingerprint density at radius 2 is 1.59 bits per heavy atom. The van der Waals surface area contributed by atoms with Gasteiger partial charge in [0.1, 0.15) is 5.25 Å². The van der Waals surface area contributed by atoms with Gasteiger partial charge in [0.15, 0.2) is 0 Å². The number of anilines is 2. The first-order chi connectivity index (χ1) is 15.4. The lowest BCUT2D eigenvalue weighted by atomic mass is 10.1. The molecule has 32 heavy (non-hydrogen) atoms. The molecule has 2 amide bonds. The van der Waals surface area contributed by atoms with Crippen LogP contribution in [0.5, 0.6) is 0 Å². The van der Waals surface area contributed by atoms with Gasteiger partial charge in [-0.15, -0.1) is 11.8 Å². The third-order valence-corrected chi connectivity index (χ3v) is 5.72. The molecule has 0 aliphatic heterocycles. The third kappa shape index (κ3) is 6.58. The van der Waals surface area contributed by atoms with Crippen LogP contribution in [0.1, 0.15) is 16.4 Å². The summed E-state index contributed by atoms with van der Waals surface area (Å²) >= 11 is 1.36. The van der Waals surface area contributed by atoms with Gasteiger partial charge in [0.05, 0.1) is 0 Å². The summed E-state index contributed by atoms with van der Waals surface area (Å²) in [5, 5.41) is 13.8. The van der Waals surface area contributed by atoms with Gasteiger partial charge in [0, 0.05) is 28.4 Å². The van der Waals surface area contributed by atoms with Crippen molar-refractivity contribution in [1.29, 1.82) is 0 Å². The van der Waals surface area contributed by atoms with E-state index >= 15 is 0 Å². The van der Waals surface area contributed by atoms with E-state index in [1.54, 1.807) is 18.2 Å². The smallest absolute Gasteiger partial charge is 0.328 e. The number of benzene rings is 3. The molecule has 6 nitrogen and oxygen atoms in total. The first-order valence-electron chi connectivity index (χ1n) is 9.82. The summed E-state index contributed by atoms with van der Waals surface area (Å²) in [6.45, 7) is 1.94. The maximum atomic E-state index is 13.2. The summed E-state index contributed by atoms with van der Waals surface area (Å²) in [5.41, 5.74) is 3.07. The number of amides is 2. The number of aliphatic carboxylic acids is 1. The Hall–Kier alpha value is -3.84. The van der Waals surface area contributed by atoms with Gasteiger partial charge < -0.3 is 15.7 Å². The fourth-order valence-electron chi connectivity index (χ4n) is 2.93. The quantitative estimate of drug-likeness (QED) is 0.333. The molecule has 1 atom stereocenters. The van der Waals surface area contributed by atoms with E-state index in [4.69, 9.17) is 5.11 Å².